The minimum absolute atomic E-state index is 0.121. The maximum absolute atomic E-state index is 5.35. The van der Waals surface area contributed by atoms with E-state index < -0.39 is 0 Å². The van der Waals surface area contributed by atoms with E-state index in [0.29, 0.717) is 5.92 Å². The van der Waals surface area contributed by atoms with Crippen LogP contribution in [-0.4, -0.2) is 22.2 Å². The van der Waals surface area contributed by atoms with Gasteiger partial charge in [0.25, 0.3) is 0 Å². The SMILES string of the molecule is CC(C)(C)NCCc1nc(C2Cc3ccccc32)no1. The van der Waals surface area contributed by atoms with Crippen LogP contribution in [-0.2, 0) is 12.8 Å². The molecule has 0 spiro atoms. The Morgan fingerprint density at radius 2 is 2.10 bits per heavy atom. The van der Waals surface area contributed by atoms with Crippen molar-refractivity contribution in [3.05, 3.63) is 47.1 Å². The molecular formula is C16H21N3O. The summed E-state index contributed by atoms with van der Waals surface area (Å²) in [6, 6.07) is 8.47. The predicted molar refractivity (Wildman–Crippen MR) is 77.7 cm³/mol. The Kier molecular flexibility index (Phi) is 3.34. The molecule has 20 heavy (non-hydrogen) atoms. The van der Waals surface area contributed by atoms with Gasteiger partial charge in [0.2, 0.25) is 5.89 Å². The first-order chi connectivity index (χ1) is 9.53. The highest BCUT2D eigenvalue weighted by molar-refractivity contribution is 5.43. The van der Waals surface area contributed by atoms with Gasteiger partial charge in [-0.15, -0.1) is 0 Å². The molecule has 0 radical (unpaired) electrons. The molecule has 1 heterocycles. The van der Waals surface area contributed by atoms with E-state index in [0.717, 1.165) is 31.1 Å². The van der Waals surface area contributed by atoms with Crippen LogP contribution in [0.15, 0.2) is 28.8 Å². The van der Waals surface area contributed by atoms with Crippen molar-refractivity contribution in [3.8, 4) is 0 Å². The second-order valence-electron chi connectivity index (χ2n) is 6.43. The normalized spacial score (nSPS) is 17.6. The van der Waals surface area contributed by atoms with Crippen molar-refractivity contribution >= 4 is 0 Å². The van der Waals surface area contributed by atoms with Gasteiger partial charge >= 0.3 is 0 Å². The van der Waals surface area contributed by atoms with E-state index in [2.05, 4.69) is 60.5 Å². The minimum Gasteiger partial charge on any atom is -0.339 e. The van der Waals surface area contributed by atoms with Gasteiger partial charge in [-0.1, -0.05) is 29.4 Å². The lowest BCUT2D eigenvalue weighted by atomic mass is 9.77. The third kappa shape index (κ3) is 2.75. The first kappa shape index (κ1) is 13.3. The van der Waals surface area contributed by atoms with Gasteiger partial charge in [0.05, 0.1) is 5.92 Å². The molecule has 1 unspecified atom stereocenters. The molecule has 0 amide bonds. The fourth-order valence-corrected chi connectivity index (χ4v) is 2.54. The monoisotopic (exact) mass is 271 g/mol. The summed E-state index contributed by atoms with van der Waals surface area (Å²) in [4.78, 5) is 4.53. The highest BCUT2D eigenvalue weighted by atomic mass is 16.5. The molecule has 1 aliphatic carbocycles. The Bertz CT molecular complexity index is 598. The molecule has 0 aliphatic heterocycles. The van der Waals surface area contributed by atoms with Crippen molar-refractivity contribution in [3.63, 3.8) is 0 Å². The average Bonchev–Trinajstić information content (AvgIpc) is 2.78. The first-order valence-electron chi connectivity index (χ1n) is 7.18. The summed E-state index contributed by atoms with van der Waals surface area (Å²) >= 11 is 0. The Morgan fingerprint density at radius 3 is 2.85 bits per heavy atom. The molecule has 4 nitrogen and oxygen atoms in total. The van der Waals surface area contributed by atoms with Crippen molar-refractivity contribution < 1.29 is 4.52 Å². The van der Waals surface area contributed by atoms with Crippen LogP contribution in [0.5, 0.6) is 0 Å². The summed E-state index contributed by atoms with van der Waals surface area (Å²) in [7, 11) is 0. The van der Waals surface area contributed by atoms with Gasteiger partial charge in [-0.25, -0.2) is 0 Å². The van der Waals surface area contributed by atoms with Gasteiger partial charge in [-0.05, 0) is 38.3 Å². The first-order valence-corrected chi connectivity index (χ1v) is 7.18. The Hall–Kier alpha value is -1.68. The molecule has 0 fully saturated rings. The Balaban J connectivity index is 1.61. The maximum atomic E-state index is 5.35. The van der Waals surface area contributed by atoms with Crippen LogP contribution < -0.4 is 5.32 Å². The molecule has 1 N–H and O–H groups in total. The van der Waals surface area contributed by atoms with Crippen LogP contribution in [0.4, 0.5) is 0 Å². The lowest BCUT2D eigenvalue weighted by Gasteiger charge is -2.27. The van der Waals surface area contributed by atoms with Crippen LogP contribution in [0, 0.1) is 0 Å². The fraction of sp³-hybridized carbons (Fsp3) is 0.500. The number of hydrogen-bond acceptors (Lipinski definition) is 4. The topological polar surface area (TPSA) is 51.0 Å². The van der Waals surface area contributed by atoms with Gasteiger partial charge in [0.1, 0.15) is 0 Å². The molecule has 0 saturated carbocycles. The molecule has 1 aromatic carbocycles. The van der Waals surface area contributed by atoms with Crippen molar-refractivity contribution in [2.45, 2.75) is 45.1 Å². The van der Waals surface area contributed by atoms with Crippen LogP contribution in [0.2, 0.25) is 0 Å². The van der Waals surface area contributed by atoms with Crippen molar-refractivity contribution in [1.29, 1.82) is 0 Å². The zero-order chi connectivity index (χ0) is 14.2. The quantitative estimate of drug-likeness (QED) is 0.929. The predicted octanol–water partition coefficient (Wildman–Crippen LogP) is 2.69. The third-order valence-corrected chi connectivity index (χ3v) is 3.64. The largest absolute Gasteiger partial charge is 0.339 e. The van der Waals surface area contributed by atoms with Crippen molar-refractivity contribution in [2.24, 2.45) is 0 Å². The zero-order valence-corrected chi connectivity index (χ0v) is 12.3. The number of hydrogen-bond donors (Lipinski definition) is 1. The summed E-state index contributed by atoms with van der Waals surface area (Å²) in [6.45, 7) is 7.30. The van der Waals surface area contributed by atoms with Crippen LogP contribution in [0.1, 0.15) is 49.5 Å². The highest BCUT2D eigenvalue weighted by Gasteiger charge is 2.30. The summed E-state index contributed by atoms with van der Waals surface area (Å²) in [6.07, 6.45) is 1.80. The van der Waals surface area contributed by atoms with Crippen molar-refractivity contribution in [1.82, 2.24) is 15.5 Å². The molecule has 1 aliphatic rings. The standard InChI is InChI=1S/C16H21N3O/c1-16(2,3)17-9-8-14-18-15(19-20-14)13-10-11-6-4-5-7-12(11)13/h4-7,13,17H,8-10H2,1-3H3. The smallest absolute Gasteiger partial charge is 0.227 e. The summed E-state index contributed by atoms with van der Waals surface area (Å²) in [5.41, 5.74) is 2.86. The lowest BCUT2D eigenvalue weighted by Crippen LogP contribution is -2.37. The van der Waals surface area contributed by atoms with E-state index >= 15 is 0 Å². The molecule has 0 saturated heterocycles. The van der Waals surface area contributed by atoms with Crippen LogP contribution in [0.25, 0.3) is 0 Å². The molecule has 1 aromatic heterocycles. The zero-order valence-electron chi connectivity index (χ0n) is 12.3. The van der Waals surface area contributed by atoms with E-state index in [-0.39, 0.29) is 5.54 Å². The molecule has 4 heteroatoms. The van der Waals surface area contributed by atoms with E-state index in [4.69, 9.17) is 4.52 Å². The molecule has 2 aromatic rings. The molecule has 3 rings (SSSR count). The Morgan fingerprint density at radius 1 is 1.30 bits per heavy atom. The number of fused-ring (bicyclic) bond motifs is 1. The summed E-state index contributed by atoms with van der Waals surface area (Å²) in [5, 5.41) is 7.56. The van der Waals surface area contributed by atoms with E-state index in [1.807, 2.05) is 0 Å². The number of benzene rings is 1. The van der Waals surface area contributed by atoms with Gasteiger partial charge in [-0.3, -0.25) is 0 Å². The molecule has 106 valence electrons. The number of rotatable bonds is 4. The van der Waals surface area contributed by atoms with E-state index in [1.165, 1.54) is 11.1 Å². The molecule has 0 bridgehead atoms. The Labute approximate surface area is 119 Å². The van der Waals surface area contributed by atoms with Crippen molar-refractivity contribution in [2.75, 3.05) is 6.54 Å². The second kappa shape index (κ2) is 5.02. The van der Waals surface area contributed by atoms with E-state index in [1.54, 1.807) is 0 Å². The third-order valence-electron chi connectivity index (χ3n) is 3.64. The second-order valence-corrected chi connectivity index (χ2v) is 6.43. The summed E-state index contributed by atoms with van der Waals surface area (Å²) < 4.78 is 5.35. The van der Waals surface area contributed by atoms with Crippen LogP contribution >= 0.6 is 0 Å². The van der Waals surface area contributed by atoms with Crippen LogP contribution in [0.3, 0.4) is 0 Å². The van der Waals surface area contributed by atoms with Gasteiger partial charge in [0, 0.05) is 18.5 Å². The average molecular weight is 271 g/mol. The van der Waals surface area contributed by atoms with Gasteiger partial charge in [0.15, 0.2) is 5.82 Å². The molecule has 1 atom stereocenters. The minimum atomic E-state index is 0.121. The fourth-order valence-electron chi connectivity index (χ4n) is 2.54. The van der Waals surface area contributed by atoms with E-state index in [9.17, 15) is 0 Å². The number of aromatic nitrogens is 2. The van der Waals surface area contributed by atoms with Gasteiger partial charge in [-0.2, -0.15) is 4.98 Å². The summed E-state index contributed by atoms with van der Waals surface area (Å²) in [5.74, 6) is 1.87. The van der Waals surface area contributed by atoms with Gasteiger partial charge < -0.3 is 9.84 Å². The highest BCUT2D eigenvalue weighted by Crippen LogP contribution is 2.38. The lowest BCUT2D eigenvalue weighted by molar-refractivity contribution is 0.356. The molecular weight excluding hydrogens is 250 g/mol. The maximum Gasteiger partial charge on any atom is 0.227 e. The number of nitrogens with one attached hydrogen (secondary N) is 1. The number of nitrogens with zero attached hydrogens (tertiary/aromatic N) is 2.